The first-order valence-corrected chi connectivity index (χ1v) is 7.57. The summed E-state index contributed by atoms with van der Waals surface area (Å²) in [7, 11) is 0. The van der Waals surface area contributed by atoms with Crippen LogP contribution >= 0.6 is 22.9 Å². The molecule has 0 amide bonds. The van der Waals surface area contributed by atoms with E-state index in [0.717, 1.165) is 23.0 Å². The maximum Gasteiger partial charge on any atom is 0.0584 e. The van der Waals surface area contributed by atoms with Crippen LogP contribution < -0.4 is 0 Å². The van der Waals surface area contributed by atoms with E-state index in [1.165, 1.54) is 5.56 Å². The second-order valence-electron chi connectivity index (χ2n) is 4.61. The zero-order chi connectivity index (χ0) is 13.7. The summed E-state index contributed by atoms with van der Waals surface area (Å²) in [5.41, 5.74) is 1.25. The molecule has 1 N–H and O–H groups in total. The lowest BCUT2D eigenvalue weighted by Gasteiger charge is -2.27. The van der Waals surface area contributed by atoms with E-state index in [1.54, 1.807) is 11.3 Å². The van der Waals surface area contributed by atoms with Gasteiger partial charge in [0.1, 0.15) is 0 Å². The highest BCUT2D eigenvalue weighted by molar-refractivity contribution is 7.10. The van der Waals surface area contributed by atoms with Crippen molar-refractivity contribution in [3.8, 4) is 0 Å². The molecular weight excluding hydrogens is 278 g/mol. The van der Waals surface area contributed by atoms with Crippen LogP contribution in [0.5, 0.6) is 0 Å². The van der Waals surface area contributed by atoms with Crippen LogP contribution in [-0.2, 0) is 13.1 Å². The third-order valence-electron chi connectivity index (χ3n) is 3.15. The topological polar surface area (TPSA) is 23.5 Å². The molecule has 2 nitrogen and oxygen atoms in total. The first-order chi connectivity index (χ1) is 9.20. The van der Waals surface area contributed by atoms with Gasteiger partial charge in [-0.1, -0.05) is 41.9 Å². The molecule has 0 fully saturated rings. The molecule has 0 aliphatic rings. The van der Waals surface area contributed by atoms with Crippen LogP contribution in [0.3, 0.4) is 0 Å². The summed E-state index contributed by atoms with van der Waals surface area (Å²) >= 11 is 7.82. The van der Waals surface area contributed by atoms with Gasteiger partial charge in [-0.3, -0.25) is 4.90 Å². The number of hydrogen-bond donors (Lipinski definition) is 1. The Labute approximate surface area is 123 Å². The maximum absolute atomic E-state index is 9.41. The van der Waals surface area contributed by atoms with E-state index in [2.05, 4.69) is 17.0 Å². The Balaban J connectivity index is 2.10. The van der Waals surface area contributed by atoms with Gasteiger partial charge in [-0.25, -0.2) is 0 Å². The molecule has 0 aliphatic heterocycles. The molecule has 102 valence electrons. The van der Waals surface area contributed by atoms with Crippen LogP contribution in [-0.4, -0.2) is 22.7 Å². The normalized spacial score (nSPS) is 12.8. The highest BCUT2D eigenvalue weighted by atomic mass is 35.5. The number of aliphatic hydroxyl groups excluding tert-OH is 1. The fourth-order valence-electron chi connectivity index (χ4n) is 1.92. The van der Waals surface area contributed by atoms with E-state index >= 15 is 0 Å². The molecule has 4 heteroatoms. The molecule has 0 radical (unpaired) electrons. The zero-order valence-corrected chi connectivity index (χ0v) is 12.5. The van der Waals surface area contributed by atoms with Gasteiger partial charge in [0, 0.05) is 24.0 Å². The number of aliphatic hydroxyl groups is 1. The molecule has 2 rings (SSSR count). The van der Waals surface area contributed by atoms with E-state index in [4.69, 9.17) is 11.6 Å². The predicted octanol–water partition coefficient (Wildman–Crippen LogP) is 3.78. The minimum absolute atomic E-state index is 0.110. The highest BCUT2D eigenvalue weighted by Gasteiger charge is 2.16. The molecule has 0 saturated heterocycles. The molecule has 1 heterocycles. The van der Waals surface area contributed by atoms with Crippen molar-refractivity contribution in [3.63, 3.8) is 0 Å². The summed E-state index contributed by atoms with van der Waals surface area (Å²) in [6, 6.07) is 12.3. The summed E-state index contributed by atoms with van der Waals surface area (Å²) in [5, 5.41) is 12.2. The summed E-state index contributed by atoms with van der Waals surface area (Å²) in [4.78, 5) is 3.39. The lowest BCUT2D eigenvalue weighted by molar-refractivity contribution is 0.122. The van der Waals surface area contributed by atoms with Crippen molar-refractivity contribution in [2.75, 3.05) is 6.61 Å². The van der Waals surface area contributed by atoms with E-state index < -0.39 is 0 Å². The summed E-state index contributed by atoms with van der Waals surface area (Å²) < 4.78 is 0. The van der Waals surface area contributed by atoms with Gasteiger partial charge in [0.2, 0.25) is 0 Å². The molecule has 0 saturated carbocycles. The lowest BCUT2D eigenvalue weighted by Crippen LogP contribution is -2.34. The first kappa shape index (κ1) is 14.5. The van der Waals surface area contributed by atoms with Gasteiger partial charge in [-0.05, 0) is 23.9 Å². The third kappa shape index (κ3) is 4.05. The van der Waals surface area contributed by atoms with Crippen molar-refractivity contribution in [2.45, 2.75) is 26.1 Å². The minimum Gasteiger partial charge on any atom is -0.395 e. The maximum atomic E-state index is 9.41. The Kier molecular flexibility index (Phi) is 5.40. The van der Waals surface area contributed by atoms with E-state index in [0.29, 0.717) is 0 Å². The number of halogens is 1. The monoisotopic (exact) mass is 295 g/mol. The van der Waals surface area contributed by atoms with Crippen LogP contribution in [0.2, 0.25) is 5.02 Å². The molecule has 1 aromatic carbocycles. The summed E-state index contributed by atoms with van der Waals surface area (Å²) in [6.07, 6.45) is 0. The first-order valence-electron chi connectivity index (χ1n) is 6.31. The van der Waals surface area contributed by atoms with Gasteiger partial charge in [0.15, 0.2) is 0 Å². The van der Waals surface area contributed by atoms with E-state index in [-0.39, 0.29) is 12.6 Å². The van der Waals surface area contributed by atoms with Gasteiger partial charge in [0.25, 0.3) is 0 Å². The predicted molar refractivity (Wildman–Crippen MR) is 81.6 cm³/mol. The fourth-order valence-corrected chi connectivity index (χ4v) is 3.04. The van der Waals surface area contributed by atoms with Crippen molar-refractivity contribution in [2.24, 2.45) is 0 Å². The Morgan fingerprint density at radius 1 is 1.21 bits per heavy atom. The smallest absolute Gasteiger partial charge is 0.0584 e. The van der Waals surface area contributed by atoms with E-state index in [1.807, 2.05) is 36.6 Å². The number of thiophene rings is 1. The Morgan fingerprint density at radius 3 is 2.53 bits per heavy atom. The van der Waals surface area contributed by atoms with Crippen LogP contribution in [0.15, 0.2) is 41.8 Å². The largest absolute Gasteiger partial charge is 0.395 e. The second kappa shape index (κ2) is 7.06. The van der Waals surface area contributed by atoms with Crippen molar-refractivity contribution in [1.82, 2.24) is 4.90 Å². The van der Waals surface area contributed by atoms with Gasteiger partial charge in [0.05, 0.1) is 11.6 Å². The molecule has 2 aromatic rings. The quantitative estimate of drug-likeness (QED) is 0.876. The summed E-state index contributed by atoms with van der Waals surface area (Å²) in [6.45, 7) is 3.77. The van der Waals surface area contributed by atoms with Crippen LogP contribution in [0.25, 0.3) is 0 Å². The molecule has 0 unspecified atom stereocenters. The summed E-state index contributed by atoms with van der Waals surface area (Å²) in [5.74, 6) is 0. The van der Waals surface area contributed by atoms with Gasteiger partial charge >= 0.3 is 0 Å². The molecule has 0 spiro atoms. The SMILES string of the molecule is C[C@H](CO)N(Cc1ccccc1)Cc1sccc1Cl. The molecule has 0 aliphatic carbocycles. The number of rotatable bonds is 6. The standard InChI is InChI=1S/C15H18ClNOS/c1-12(11-18)17(9-13-5-3-2-4-6-13)10-15-14(16)7-8-19-15/h2-8,12,18H,9-11H2,1H3/t12-/m1/s1. The van der Waals surface area contributed by atoms with Crippen molar-refractivity contribution in [1.29, 1.82) is 0 Å². The van der Waals surface area contributed by atoms with Crippen molar-refractivity contribution in [3.05, 3.63) is 57.2 Å². The molecule has 19 heavy (non-hydrogen) atoms. The number of benzene rings is 1. The van der Waals surface area contributed by atoms with Crippen LogP contribution in [0.1, 0.15) is 17.4 Å². The van der Waals surface area contributed by atoms with Gasteiger partial charge in [-0.15, -0.1) is 11.3 Å². The van der Waals surface area contributed by atoms with Crippen molar-refractivity contribution < 1.29 is 5.11 Å². The van der Waals surface area contributed by atoms with Gasteiger partial charge in [-0.2, -0.15) is 0 Å². The zero-order valence-electron chi connectivity index (χ0n) is 10.9. The number of hydrogen-bond acceptors (Lipinski definition) is 3. The average molecular weight is 296 g/mol. The van der Waals surface area contributed by atoms with Crippen molar-refractivity contribution >= 4 is 22.9 Å². The Bertz CT molecular complexity index is 500. The highest BCUT2D eigenvalue weighted by Crippen LogP contribution is 2.25. The second-order valence-corrected chi connectivity index (χ2v) is 6.02. The Morgan fingerprint density at radius 2 is 1.95 bits per heavy atom. The van der Waals surface area contributed by atoms with Gasteiger partial charge < -0.3 is 5.11 Å². The minimum atomic E-state index is 0.110. The third-order valence-corrected chi connectivity index (χ3v) is 4.53. The molecule has 0 bridgehead atoms. The Hall–Kier alpha value is -0.870. The van der Waals surface area contributed by atoms with E-state index in [9.17, 15) is 5.11 Å². The molecular formula is C15H18ClNOS. The fraction of sp³-hybridized carbons (Fsp3) is 0.333. The molecule has 1 atom stereocenters. The van der Waals surface area contributed by atoms with Crippen LogP contribution in [0, 0.1) is 0 Å². The lowest BCUT2D eigenvalue weighted by atomic mass is 10.2. The average Bonchev–Trinajstić information content (AvgIpc) is 2.84. The van der Waals surface area contributed by atoms with Crippen LogP contribution in [0.4, 0.5) is 0 Å². The molecule has 1 aromatic heterocycles. The number of nitrogens with zero attached hydrogens (tertiary/aromatic N) is 1.